The van der Waals surface area contributed by atoms with Crippen LogP contribution in [0.15, 0.2) is 130 Å². The number of rotatable bonds is 2. The second-order valence-electron chi connectivity index (χ2n) is 10.1. The fourth-order valence-electron chi connectivity index (χ4n) is 6.00. The lowest BCUT2D eigenvalue weighted by Gasteiger charge is -2.11. The molecule has 0 aliphatic heterocycles. The number of benzene rings is 5. The molecule has 0 fully saturated rings. The highest BCUT2D eigenvalue weighted by atomic mass is 16.3. The molecule has 0 aliphatic carbocycles. The van der Waals surface area contributed by atoms with E-state index in [2.05, 4.69) is 83.4 Å². The van der Waals surface area contributed by atoms with E-state index in [1.165, 1.54) is 16.3 Å². The maximum atomic E-state index is 6.31. The average molecular weight is 501 g/mol. The van der Waals surface area contributed by atoms with Crippen molar-refractivity contribution in [3.8, 4) is 22.4 Å². The molecular formula is C35H20N2O2. The highest BCUT2D eigenvalue weighted by molar-refractivity contribution is 6.15. The minimum atomic E-state index is 0.869. The molecule has 0 bridgehead atoms. The zero-order valence-electron chi connectivity index (χ0n) is 20.8. The Hall–Kier alpha value is -5.35. The van der Waals surface area contributed by atoms with E-state index in [1.54, 1.807) is 0 Å². The number of hydrogen-bond donors (Lipinski definition) is 0. The molecule has 0 saturated heterocycles. The van der Waals surface area contributed by atoms with Gasteiger partial charge in [0.25, 0.3) is 0 Å². The van der Waals surface area contributed by atoms with E-state index in [9.17, 15) is 0 Å². The van der Waals surface area contributed by atoms with Gasteiger partial charge >= 0.3 is 0 Å². The summed E-state index contributed by atoms with van der Waals surface area (Å²) in [6.07, 6.45) is 4.13. The van der Waals surface area contributed by atoms with Crippen LogP contribution in [-0.4, -0.2) is 9.38 Å². The summed E-state index contributed by atoms with van der Waals surface area (Å²) in [5.74, 6) is 0. The van der Waals surface area contributed by atoms with E-state index < -0.39 is 0 Å². The third-order valence-electron chi connectivity index (χ3n) is 7.84. The molecule has 39 heavy (non-hydrogen) atoms. The first-order valence-corrected chi connectivity index (χ1v) is 13.0. The molecule has 0 spiro atoms. The highest BCUT2D eigenvalue weighted by Gasteiger charge is 2.16. The average Bonchev–Trinajstić information content (AvgIpc) is 3.68. The van der Waals surface area contributed by atoms with Gasteiger partial charge in [-0.05, 0) is 64.4 Å². The van der Waals surface area contributed by atoms with Crippen LogP contribution in [0.25, 0.3) is 82.7 Å². The zero-order valence-corrected chi connectivity index (χ0v) is 20.8. The molecule has 4 aromatic heterocycles. The van der Waals surface area contributed by atoms with Crippen molar-refractivity contribution in [3.05, 3.63) is 122 Å². The van der Waals surface area contributed by atoms with Gasteiger partial charge in [-0.3, -0.25) is 0 Å². The summed E-state index contributed by atoms with van der Waals surface area (Å²) in [6, 6.07) is 37.9. The van der Waals surface area contributed by atoms with Gasteiger partial charge in [0, 0.05) is 39.5 Å². The summed E-state index contributed by atoms with van der Waals surface area (Å²) >= 11 is 0. The van der Waals surface area contributed by atoms with Gasteiger partial charge in [0.05, 0.1) is 5.69 Å². The lowest BCUT2D eigenvalue weighted by Crippen LogP contribution is -1.86. The van der Waals surface area contributed by atoms with Crippen molar-refractivity contribution < 1.29 is 8.83 Å². The number of nitrogens with zero attached hydrogens (tertiary/aromatic N) is 2. The Balaban J connectivity index is 1.25. The standard InChI is InChI=1S/C35H20N2O2/c1-2-8-24-23(7-1)22(13-14-25(24)30-20-37-16-6-5-11-35(37)36-30)21-12-15-32-27(17-21)29-19-33-28(18-34(29)39-32)26-9-3-4-10-31(26)38-33/h1-20H. The van der Waals surface area contributed by atoms with Gasteiger partial charge in [-0.25, -0.2) is 4.98 Å². The van der Waals surface area contributed by atoms with Crippen LogP contribution in [0.1, 0.15) is 0 Å². The van der Waals surface area contributed by atoms with Crippen LogP contribution >= 0.6 is 0 Å². The molecule has 4 nitrogen and oxygen atoms in total. The molecule has 0 unspecified atom stereocenters. The number of aromatic nitrogens is 2. The van der Waals surface area contributed by atoms with Gasteiger partial charge in [0.2, 0.25) is 0 Å². The Morgan fingerprint density at radius 1 is 0.487 bits per heavy atom. The number of imidazole rings is 1. The van der Waals surface area contributed by atoms with Crippen LogP contribution in [-0.2, 0) is 0 Å². The van der Waals surface area contributed by atoms with Crippen LogP contribution < -0.4 is 0 Å². The molecule has 4 heterocycles. The SMILES string of the molecule is c1ccc2c(c1)oc1cc3c(cc12)oc1ccc(-c2ccc(-c4cn5ccccc5n4)c4ccccc24)cc13. The zero-order chi connectivity index (χ0) is 25.5. The molecule has 4 heteroatoms. The van der Waals surface area contributed by atoms with E-state index >= 15 is 0 Å². The van der Waals surface area contributed by atoms with Crippen LogP contribution in [0.4, 0.5) is 0 Å². The van der Waals surface area contributed by atoms with E-state index in [0.29, 0.717) is 0 Å². The second kappa shape index (κ2) is 7.59. The van der Waals surface area contributed by atoms with Crippen molar-refractivity contribution in [2.24, 2.45) is 0 Å². The van der Waals surface area contributed by atoms with Crippen LogP contribution in [0.3, 0.4) is 0 Å². The topological polar surface area (TPSA) is 43.6 Å². The van der Waals surface area contributed by atoms with Crippen molar-refractivity contribution >= 4 is 60.3 Å². The van der Waals surface area contributed by atoms with Crippen molar-refractivity contribution in [2.45, 2.75) is 0 Å². The van der Waals surface area contributed by atoms with Gasteiger partial charge in [0.15, 0.2) is 0 Å². The van der Waals surface area contributed by atoms with Crippen molar-refractivity contribution in [2.75, 3.05) is 0 Å². The van der Waals surface area contributed by atoms with Crippen molar-refractivity contribution in [1.29, 1.82) is 0 Å². The second-order valence-corrected chi connectivity index (χ2v) is 10.1. The van der Waals surface area contributed by atoms with Crippen molar-refractivity contribution in [3.63, 3.8) is 0 Å². The predicted octanol–water partition coefficient (Wildman–Crippen LogP) is 9.62. The number of hydrogen-bond acceptors (Lipinski definition) is 3. The van der Waals surface area contributed by atoms with Gasteiger partial charge in [-0.15, -0.1) is 0 Å². The number of para-hydroxylation sites is 1. The Kier molecular flexibility index (Phi) is 4.02. The van der Waals surface area contributed by atoms with E-state index in [4.69, 9.17) is 13.8 Å². The summed E-state index contributed by atoms with van der Waals surface area (Å²) in [4.78, 5) is 4.89. The van der Waals surface area contributed by atoms with Gasteiger partial charge < -0.3 is 13.2 Å². The monoisotopic (exact) mass is 500 g/mol. The maximum Gasteiger partial charge on any atom is 0.137 e. The van der Waals surface area contributed by atoms with E-state index in [-0.39, 0.29) is 0 Å². The van der Waals surface area contributed by atoms with Crippen LogP contribution in [0.5, 0.6) is 0 Å². The minimum Gasteiger partial charge on any atom is -0.456 e. The van der Waals surface area contributed by atoms with Gasteiger partial charge in [-0.2, -0.15) is 0 Å². The first-order valence-electron chi connectivity index (χ1n) is 13.0. The molecule has 9 aromatic rings. The maximum absolute atomic E-state index is 6.31. The molecule has 0 aliphatic rings. The Morgan fingerprint density at radius 3 is 1.95 bits per heavy atom. The van der Waals surface area contributed by atoms with Gasteiger partial charge in [-0.1, -0.05) is 66.7 Å². The van der Waals surface area contributed by atoms with E-state index in [1.807, 2.05) is 42.6 Å². The lowest BCUT2D eigenvalue weighted by atomic mass is 9.93. The predicted molar refractivity (Wildman–Crippen MR) is 158 cm³/mol. The van der Waals surface area contributed by atoms with Gasteiger partial charge in [0.1, 0.15) is 28.0 Å². The number of fused-ring (bicyclic) bond motifs is 8. The molecule has 0 N–H and O–H groups in total. The fraction of sp³-hybridized carbons (Fsp3) is 0. The molecule has 0 atom stereocenters. The summed E-state index contributed by atoms with van der Waals surface area (Å²) in [5.41, 5.74) is 8.87. The molecule has 9 rings (SSSR count). The Bertz CT molecular complexity index is 2370. The third kappa shape index (κ3) is 2.97. The summed E-state index contributed by atoms with van der Waals surface area (Å²) < 4.78 is 14.6. The first-order chi connectivity index (χ1) is 19.3. The molecule has 182 valence electrons. The normalized spacial score (nSPS) is 12.1. The quantitative estimate of drug-likeness (QED) is 0.237. The summed E-state index contributed by atoms with van der Waals surface area (Å²) in [5, 5.41) is 6.69. The van der Waals surface area contributed by atoms with E-state index in [0.717, 1.165) is 66.3 Å². The Morgan fingerprint density at radius 2 is 1.13 bits per heavy atom. The first kappa shape index (κ1) is 20.7. The largest absolute Gasteiger partial charge is 0.456 e. The number of pyridine rings is 1. The van der Waals surface area contributed by atoms with Crippen LogP contribution in [0, 0.1) is 0 Å². The minimum absolute atomic E-state index is 0.869. The third-order valence-corrected chi connectivity index (χ3v) is 7.84. The smallest absolute Gasteiger partial charge is 0.137 e. The lowest BCUT2D eigenvalue weighted by molar-refractivity contribution is 0.664. The van der Waals surface area contributed by atoms with Crippen molar-refractivity contribution in [1.82, 2.24) is 9.38 Å². The molecular weight excluding hydrogens is 480 g/mol. The number of furan rings is 2. The molecule has 0 amide bonds. The molecule has 0 saturated carbocycles. The Labute approximate surface area is 222 Å². The summed E-state index contributed by atoms with van der Waals surface area (Å²) in [6.45, 7) is 0. The summed E-state index contributed by atoms with van der Waals surface area (Å²) in [7, 11) is 0. The molecule has 0 radical (unpaired) electrons. The highest BCUT2D eigenvalue weighted by Crippen LogP contribution is 2.40. The fourth-order valence-corrected chi connectivity index (χ4v) is 6.00. The van der Waals surface area contributed by atoms with Crippen LogP contribution in [0.2, 0.25) is 0 Å². The molecule has 5 aromatic carbocycles.